The molecule has 0 aliphatic heterocycles. The Hall–Kier alpha value is -1.65. The standard InChI is InChI=1S/C10H13FN4/c1-3-6(2)15-4-7(11)8-9(12)13-5-14-10(8)15/h4-6H,3H2,1-2H3,(H2,12,13,14). The van der Waals surface area contributed by atoms with Crippen molar-refractivity contribution in [2.24, 2.45) is 0 Å². The number of aromatic nitrogens is 3. The molecule has 0 spiro atoms. The second-order valence-corrected chi connectivity index (χ2v) is 3.60. The molecular formula is C10H13FN4. The van der Waals surface area contributed by atoms with Gasteiger partial charge in [-0.2, -0.15) is 0 Å². The zero-order valence-electron chi connectivity index (χ0n) is 8.74. The summed E-state index contributed by atoms with van der Waals surface area (Å²) < 4.78 is 15.4. The van der Waals surface area contributed by atoms with Crippen molar-refractivity contribution in [3.63, 3.8) is 0 Å². The summed E-state index contributed by atoms with van der Waals surface area (Å²) in [6.07, 6.45) is 3.70. The third kappa shape index (κ3) is 1.44. The Balaban J connectivity index is 2.73. The Labute approximate surface area is 86.9 Å². The van der Waals surface area contributed by atoms with Crippen molar-refractivity contribution < 1.29 is 4.39 Å². The maximum absolute atomic E-state index is 13.6. The molecule has 0 aliphatic carbocycles. The van der Waals surface area contributed by atoms with Crippen LogP contribution in [0.2, 0.25) is 0 Å². The molecule has 1 atom stereocenters. The molecule has 0 aromatic carbocycles. The minimum absolute atomic E-state index is 0.194. The van der Waals surface area contributed by atoms with Crippen molar-refractivity contribution in [3.05, 3.63) is 18.3 Å². The number of halogens is 1. The molecule has 1 unspecified atom stereocenters. The van der Waals surface area contributed by atoms with Gasteiger partial charge in [-0.1, -0.05) is 6.92 Å². The molecule has 0 saturated carbocycles. The van der Waals surface area contributed by atoms with E-state index in [4.69, 9.17) is 5.73 Å². The van der Waals surface area contributed by atoms with Gasteiger partial charge in [-0.3, -0.25) is 0 Å². The average molecular weight is 208 g/mol. The van der Waals surface area contributed by atoms with Gasteiger partial charge in [0.05, 0.1) is 5.39 Å². The monoisotopic (exact) mass is 208 g/mol. The fraction of sp³-hybridized carbons (Fsp3) is 0.400. The summed E-state index contributed by atoms with van der Waals surface area (Å²) in [6.45, 7) is 4.05. The summed E-state index contributed by atoms with van der Waals surface area (Å²) in [7, 11) is 0. The van der Waals surface area contributed by atoms with Gasteiger partial charge in [0, 0.05) is 12.2 Å². The number of nitrogens with zero attached hydrogens (tertiary/aromatic N) is 3. The Kier molecular flexibility index (Phi) is 2.30. The first-order valence-electron chi connectivity index (χ1n) is 4.91. The number of anilines is 1. The lowest BCUT2D eigenvalue weighted by molar-refractivity contribution is 0.532. The van der Waals surface area contributed by atoms with E-state index in [1.807, 2.05) is 13.8 Å². The first-order chi connectivity index (χ1) is 7.15. The first-order valence-corrected chi connectivity index (χ1v) is 4.91. The fourth-order valence-corrected chi connectivity index (χ4v) is 1.59. The molecule has 0 fully saturated rings. The third-order valence-electron chi connectivity index (χ3n) is 2.66. The molecule has 2 heterocycles. The summed E-state index contributed by atoms with van der Waals surface area (Å²) in [4.78, 5) is 7.84. The van der Waals surface area contributed by atoms with Crippen molar-refractivity contribution in [2.45, 2.75) is 26.3 Å². The van der Waals surface area contributed by atoms with E-state index in [0.717, 1.165) is 6.42 Å². The van der Waals surface area contributed by atoms with Crippen molar-refractivity contribution in [3.8, 4) is 0 Å². The van der Waals surface area contributed by atoms with Gasteiger partial charge in [-0.15, -0.1) is 0 Å². The lowest BCUT2D eigenvalue weighted by Crippen LogP contribution is -2.03. The van der Waals surface area contributed by atoms with Crippen LogP contribution in [-0.2, 0) is 0 Å². The van der Waals surface area contributed by atoms with Crippen LogP contribution in [0.25, 0.3) is 11.0 Å². The van der Waals surface area contributed by atoms with E-state index in [1.165, 1.54) is 12.5 Å². The molecule has 0 amide bonds. The lowest BCUT2D eigenvalue weighted by atomic mass is 10.2. The molecule has 2 aromatic heterocycles. The largest absolute Gasteiger partial charge is 0.383 e. The molecular weight excluding hydrogens is 195 g/mol. The van der Waals surface area contributed by atoms with Gasteiger partial charge in [0.1, 0.15) is 17.8 Å². The molecule has 15 heavy (non-hydrogen) atoms. The quantitative estimate of drug-likeness (QED) is 0.822. The van der Waals surface area contributed by atoms with Crippen LogP contribution in [0.5, 0.6) is 0 Å². The van der Waals surface area contributed by atoms with Crippen LogP contribution in [0.3, 0.4) is 0 Å². The van der Waals surface area contributed by atoms with Crippen LogP contribution >= 0.6 is 0 Å². The third-order valence-corrected chi connectivity index (χ3v) is 2.66. The molecule has 0 radical (unpaired) electrons. The summed E-state index contributed by atoms with van der Waals surface area (Å²) in [5, 5.41) is 0.317. The number of nitrogen functional groups attached to an aromatic ring is 1. The minimum atomic E-state index is -0.358. The predicted octanol–water partition coefficient (Wildman–Crippen LogP) is 2.12. The van der Waals surface area contributed by atoms with E-state index >= 15 is 0 Å². The first kappa shape index (κ1) is 9.89. The highest BCUT2D eigenvalue weighted by molar-refractivity contribution is 5.86. The van der Waals surface area contributed by atoms with Crippen LogP contribution in [0.4, 0.5) is 10.2 Å². The number of hydrogen-bond donors (Lipinski definition) is 1. The molecule has 0 bridgehead atoms. The number of fused-ring (bicyclic) bond motifs is 1. The van der Waals surface area contributed by atoms with Gasteiger partial charge in [0.2, 0.25) is 0 Å². The van der Waals surface area contributed by atoms with Crippen molar-refractivity contribution in [2.75, 3.05) is 5.73 Å². The van der Waals surface area contributed by atoms with Gasteiger partial charge < -0.3 is 10.3 Å². The fourth-order valence-electron chi connectivity index (χ4n) is 1.59. The summed E-state index contributed by atoms with van der Waals surface area (Å²) in [6, 6.07) is 0.200. The van der Waals surface area contributed by atoms with Crippen molar-refractivity contribution in [1.29, 1.82) is 0 Å². The van der Waals surface area contributed by atoms with Gasteiger partial charge in [-0.25, -0.2) is 14.4 Å². The smallest absolute Gasteiger partial charge is 0.154 e. The Morgan fingerprint density at radius 1 is 1.53 bits per heavy atom. The summed E-state index contributed by atoms with van der Waals surface area (Å²) >= 11 is 0. The van der Waals surface area contributed by atoms with Crippen LogP contribution in [0.1, 0.15) is 26.3 Å². The Morgan fingerprint density at radius 3 is 2.93 bits per heavy atom. The van der Waals surface area contributed by atoms with Crippen LogP contribution in [0, 0.1) is 5.82 Å². The van der Waals surface area contributed by atoms with Crippen molar-refractivity contribution >= 4 is 16.9 Å². The van der Waals surface area contributed by atoms with E-state index in [0.29, 0.717) is 11.0 Å². The normalized spacial score (nSPS) is 13.3. The Bertz CT molecular complexity index is 491. The average Bonchev–Trinajstić information content (AvgIpc) is 2.56. The molecule has 4 nitrogen and oxygen atoms in total. The lowest BCUT2D eigenvalue weighted by Gasteiger charge is -2.11. The van der Waals surface area contributed by atoms with Crippen LogP contribution in [-0.4, -0.2) is 14.5 Å². The van der Waals surface area contributed by atoms with Gasteiger partial charge in [-0.05, 0) is 13.3 Å². The zero-order valence-corrected chi connectivity index (χ0v) is 8.74. The molecule has 2 rings (SSSR count). The number of nitrogens with two attached hydrogens (primary N) is 1. The van der Waals surface area contributed by atoms with E-state index in [2.05, 4.69) is 9.97 Å². The highest BCUT2D eigenvalue weighted by atomic mass is 19.1. The van der Waals surface area contributed by atoms with E-state index < -0.39 is 0 Å². The zero-order chi connectivity index (χ0) is 11.0. The highest BCUT2D eigenvalue weighted by Gasteiger charge is 2.15. The predicted molar refractivity (Wildman–Crippen MR) is 56.9 cm³/mol. The molecule has 0 saturated heterocycles. The second kappa shape index (κ2) is 3.49. The second-order valence-electron chi connectivity index (χ2n) is 3.60. The van der Waals surface area contributed by atoms with Crippen molar-refractivity contribution in [1.82, 2.24) is 14.5 Å². The SMILES string of the molecule is CCC(C)n1cc(F)c2c(N)ncnc21. The molecule has 0 aliphatic rings. The number of hydrogen-bond acceptors (Lipinski definition) is 3. The van der Waals surface area contributed by atoms with Gasteiger partial charge >= 0.3 is 0 Å². The summed E-state index contributed by atoms with van der Waals surface area (Å²) in [5.74, 6) is -0.164. The minimum Gasteiger partial charge on any atom is -0.383 e. The topological polar surface area (TPSA) is 56.7 Å². The maximum Gasteiger partial charge on any atom is 0.154 e. The van der Waals surface area contributed by atoms with Gasteiger partial charge in [0.15, 0.2) is 5.82 Å². The molecule has 5 heteroatoms. The molecule has 2 N–H and O–H groups in total. The van der Waals surface area contributed by atoms with Crippen LogP contribution < -0.4 is 5.73 Å². The number of rotatable bonds is 2. The molecule has 2 aromatic rings. The van der Waals surface area contributed by atoms with Gasteiger partial charge in [0.25, 0.3) is 0 Å². The van der Waals surface area contributed by atoms with E-state index in [-0.39, 0.29) is 17.7 Å². The van der Waals surface area contributed by atoms with E-state index in [1.54, 1.807) is 4.57 Å². The van der Waals surface area contributed by atoms with E-state index in [9.17, 15) is 4.39 Å². The maximum atomic E-state index is 13.6. The summed E-state index contributed by atoms with van der Waals surface area (Å²) in [5.41, 5.74) is 6.17. The molecule has 80 valence electrons. The highest BCUT2D eigenvalue weighted by Crippen LogP contribution is 2.25. The van der Waals surface area contributed by atoms with Crippen LogP contribution in [0.15, 0.2) is 12.5 Å². The Morgan fingerprint density at radius 2 is 2.27 bits per heavy atom.